The predicted molar refractivity (Wildman–Crippen MR) is 95.9 cm³/mol. The molecule has 0 bridgehead atoms. The molecule has 1 atom stereocenters. The topological polar surface area (TPSA) is 92.3 Å². The Kier molecular flexibility index (Phi) is 4.91. The Morgan fingerprint density at radius 2 is 1.96 bits per heavy atom. The number of carbonyl (C=O) groups is 1. The summed E-state index contributed by atoms with van der Waals surface area (Å²) in [7, 11) is -1.45. The maximum Gasteiger partial charge on any atom is 0.257 e. The van der Waals surface area contributed by atoms with Gasteiger partial charge in [-0.1, -0.05) is 23.7 Å². The van der Waals surface area contributed by atoms with Gasteiger partial charge in [-0.3, -0.25) is 4.79 Å². The summed E-state index contributed by atoms with van der Waals surface area (Å²) in [5, 5.41) is 3.51. The molecule has 0 spiro atoms. The van der Waals surface area contributed by atoms with E-state index < -0.39 is 9.84 Å². The molecule has 132 valence electrons. The molecule has 1 aliphatic rings. The number of benzene rings is 1. The van der Waals surface area contributed by atoms with Crippen molar-refractivity contribution in [3.63, 3.8) is 0 Å². The zero-order chi connectivity index (χ0) is 18.0. The quantitative estimate of drug-likeness (QED) is 0.873. The van der Waals surface area contributed by atoms with Crippen LogP contribution in [0.3, 0.4) is 0 Å². The lowest BCUT2D eigenvalue weighted by molar-refractivity contribution is 0.0747. The van der Waals surface area contributed by atoms with Crippen LogP contribution in [0.25, 0.3) is 0 Å². The summed E-state index contributed by atoms with van der Waals surface area (Å²) in [5.41, 5.74) is 0.966. The third kappa shape index (κ3) is 4.08. The van der Waals surface area contributed by atoms with E-state index in [1.54, 1.807) is 19.2 Å². The number of nitrogens with zero attached hydrogens (tertiary/aromatic N) is 3. The highest BCUT2D eigenvalue weighted by Gasteiger charge is 2.33. The number of hydrogen-bond acceptors (Lipinski definition) is 6. The molecule has 0 radical (unpaired) electrons. The first-order chi connectivity index (χ1) is 11.9. The zero-order valence-electron chi connectivity index (χ0n) is 13.5. The van der Waals surface area contributed by atoms with E-state index in [-0.39, 0.29) is 23.5 Å². The molecule has 1 aromatic carbocycles. The fourth-order valence-corrected chi connectivity index (χ4v) is 4.59. The summed E-state index contributed by atoms with van der Waals surface area (Å²) < 4.78 is 23.1. The number of aromatic nitrogens is 2. The van der Waals surface area contributed by atoms with Crippen LogP contribution < -0.4 is 5.32 Å². The number of nitrogens with one attached hydrogen (secondary N) is 1. The average molecular weight is 381 g/mol. The molecule has 1 amide bonds. The molecule has 1 unspecified atom stereocenters. The van der Waals surface area contributed by atoms with E-state index in [2.05, 4.69) is 15.3 Å². The highest BCUT2D eigenvalue weighted by atomic mass is 35.5. The third-order valence-corrected chi connectivity index (χ3v) is 6.18. The number of carbonyl (C=O) groups excluding carboxylic acids is 1. The van der Waals surface area contributed by atoms with Crippen molar-refractivity contribution in [1.29, 1.82) is 0 Å². The van der Waals surface area contributed by atoms with Gasteiger partial charge in [0.05, 0.1) is 27.8 Å². The first-order valence-corrected chi connectivity index (χ1v) is 9.87. The van der Waals surface area contributed by atoms with Crippen LogP contribution in [0.4, 0.5) is 11.6 Å². The Morgan fingerprint density at radius 1 is 1.28 bits per heavy atom. The molecule has 1 aromatic heterocycles. The highest BCUT2D eigenvalue weighted by molar-refractivity contribution is 7.91. The Hall–Kier alpha value is -2.19. The maximum atomic E-state index is 12.5. The van der Waals surface area contributed by atoms with Gasteiger partial charge in [-0.05, 0) is 18.6 Å². The molecule has 0 aliphatic carbocycles. The second-order valence-electron chi connectivity index (χ2n) is 5.87. The molecule has 3 rings (SSSR count). The summed E-state index contributed by atoms with van der Waals surface area (Å²) in [6.07, 6.45) is 3.28. The van der Waals surface area contributed by atoms with Crippen molar-refractivity contribution in [2.24, 2.45) is 0 Å². The molecular formula is C16H17ClN4O3S. The van der Waals surface area contributed by atoms with Crippen LogP contribution in [0.2, 0.25) is 5.02 Å². The Bertz CT molecular complexity index is 887. The number of rotatable bonds is 4. The van der Waals surface area contributed by atoms with Crippen LogP contribution in [0, 0.1) is 0 Å². The summed E-state index contributed by atoms with van der Waals surface area (Å²) >= 11 is 6.07. The van der Waals surface area contributed by atoms with Crippen molar-refractivity contribution in [2.75, 3.05) is 23.9 Å². The molecule has 0 saturated carbocycles. The lowest BCUT2D eigenvalue weighted by Gasteiger charge is -2.23. The number of hydrogen-bond donors (Lipinski definition) is 1. The summed E-state index contributed by atoms with van der Waals surface area (Å²) in [6.45, 7) is 0. The molecule has 2 aromatic rings. The van der Waals surface area contributed by atoms with Crippen molar-refractivity contribution in [3.05, 3.63) is 47.2 Å². The van der Waals surface area contributed by atoms with Crippen LogP contribution in [0.1, 0.15) is 16.8 Å². The molecule has 1 fully saturated rings. The fourth-order valence-electron chi connectivity index (χ4n) is 2.64. The Balaban J connectivity index is 1.69. The standard InChI is InChI=1S/C16H17ClN4O3S/c1-21(12-6-7-25(23,24)10-12)15(22)11-8-18-16(19-9-11)20-14-5-3-2-4-13(14)17/h2-5,8-9,12H,6-7,10H2,1H3,(H,18,19,20). The normalized spacial score (nSPS) is 18.7. The van der Waals surface area contributed by atoms with E-state index in [0.717, 1.165) is 0 Å². The van der Waals surface area contributed by atoms with Crippen LogP contribution >= 0.6 is 11.6 Å². The van der Waals surface area contributed by atoms with E-state index in [9.17, 15) is 13.2 Å². The first kappa shape index (κ1) is 17.6. The van der Waals surface area contributed by atoms with Crippen molar-refractivity contribution in [1.82, 2.24) is 14.9 Å². The molecule has 7 nitrogen and oxygen atoms in total. The fraction of sp³-hybridized carbons (Fsp3) is 0.312. The zero-order valence-corrected chi connectivity index (χ0v) is 15.1. The van der Waals surface area contributed by atoms with Gasteiger partial charge in [0.15, 0.2) is 9.84 Å². The second-order valence-corrected chi connectivity index (χ2v) is 8.51. The van der Waals surface area contributed by atoms with Gasteiger partial charge in [0, 0.05) is 25.5 Å². The minimum atomic E-state index is -3.05. The molecule has 25 heavy (non-hydrogen) atoms. The Morgan fingerprint density at radius 3 is 2.56 bits per heavy atom. The van der Waals surface area contributed by atoms with Gasteiger partial charge >= 0.3 is 0 Å². The predicted octanol–water partition coefficient (Wildman–Crippen LogP) is 2.13. The van der Waals surface area contributed by atoms with Gasteiger partial charge < -0.3 is 10.2 Å². The first-order valence-electron chi connectivity index (χ1n) is 7.67. The maximum absolute atomic E-state index is 12.5. The van der Waals surface area contributed by atoms with Crippen LogP contribution in [-0.2, 0) is 9.84 Å². The molecule has 1 aliphatic heterocycles. The van der Waals surface area contributed by atoms with Gasteiger partial charge in [0.2, 0.25) is 5.95 Å². The van der Waals surface area contributed by atoms with Crippen LogP contribution in [0.5, 0.6) is 0 Å². The van der Waals surface area contributed by atoms with Crippen molar-refractivity contribution in [3.8, 4) is 0 Å². The average Bonchev–Trinajstić information content (AvgIpc) is 2.96. The number of sulfone groups is 1. The van der Waals surface area contributed by atoms with Crippen LogP contribution in [-0.4, -0.2) is 53.8 Å². The SMILES string of the molecule is CN(C(=O)c1cnc(Nc2ccccc2Cl)nc1)C1CCS(=O)(=O)C1. The highest BCUT2D eigenvalue weighted by Crippen LogP contribution is 2.23. The minimum Gasteiger partial charge on any atom is -0.338 e. The molecular weight excluding hydrogens is 364 g/mol. The van der Waals surface area contributed by atoms with Crippen molar-refractivity contribution < 1.29 is 13.2 Å². The molecule has 1 saturated heterocycles. The van der Waals surface area contributed by atoms with E-state index in [4.69, 9.17) is 11.6 Å². The lowest BCUT2D eigenvalue weighted by Crippen LogP contribution is -2.37. The van der Waals surface area contributed by atoms with Gasteiger partial charge in [-0.25, -0.2) is 18.4 Å². The van der Waals surface area contributed by atoms with Crippen molar-refractivity contribution in [2.45, 2.75) is 12.5 Å². The molecule has 2 heterocycles. The summed E-state index contributed by atoms with van der Waals surface area (Å²) in [5.74, 6) is 0.136. The minimum absolute atomic E-state index is 0.00222. The Labute approximate surface area is 151 Å². The summed E-state index contributed by atoms with van der Waals surface area (Å²) in [4.78, 5) is 22.2. The number of amides is 1. The third-order valence-electron chi connectivity index (χ3n) is 4.10. The largest absolute Gasteiger partial charge is 0.338 e. The number of halogens is 1. The molecule has 1 N–H and O–H groups in total. The van der Waals surface area contributed by atoms with E-state index in [0.29, 0.717) is 28.6 Å². The van der Waals surface area contributed by atoms with E-state index >= 15 is 0 Å². The number of para-hydroxylation sites is 1. The van der Waals surface area contributed by atoms with Gasteiger partial charge in [0.25, 0.3) is 5.91 Å². The van der Waals surface area contributed by atoms with Gasteiger partial charge in [-0.2, -0.15) is 0 Å². The van der Waals surface area contributed by atoms with Crippen molar-refractivity contribution >= 4 is 39.0 Å². The van der Waals surface area contributed by atoms with Crippen LogP contribution in [0.15, 0.2) is 36.7 Å². The lowest BCUT2D eigenvalue weighted by atomic mass is 10.2. The summed E-state index contributed by atoms with van der Waals surface area (Å²) in [6, 6.07) is 6.87. The smallest absolute Gasteiger partial charge is 0.257 e. The van der Waals surface area contributed by atoms with E-state index in [1.165, 1.54) is 17.3 Å². The van der Waals surface area contributed by atoms with E-state index in [1.807, 2.05) is 12.1 Å². The van der Waals surface area contributed by atoms with Gasteiger partial charge in [0.1, 0.15) is 0 Å². The molecule has 9 heteroatoms. The second kappa shape index (κ2) is 6.97. The van der Waals surface area contributed by atoms with Gasteiger partial charge in [-0.15, -0.1) is 0 Å². The number of anilines is 2. The monoisotopic (exact) mass is 380 g/mol.